The normalized spacial score (nSPS) is 37.7. The third kappa shape index (κ3) is 9.97. The van der Waals surface area contributed by atoms with Crippen LogP contribution in [-0.4, -0.2) is 153 Å². The molecule has 0 spiro atoms. The van der Waals surface area contributed by atoms with E-state index in [1.165, 1.54) is 14.0 Å². The number of Topliss-reactive ketones (excluding diaryl/α,β-unsaturated/α-hetero) is 1. The van der Waals surface area contributed by atoms with Gasteiger partial charge in [-0.3, -0.25) is 19.4 Å². The molecule has 3 aliphatic rings. The first-order chi connectivity index (χ1) is 27.8. The predicted octanol–water partition coefficient (Wildman–Crippen LogP) is 4.19. The van der Waals surface area contributed by atoms with Crippen LogP contribution in [0.15, 0.2) is 30.6 Å². The molecule has 330 valence electrons. The molecule has 0 saturated carbocycles. The summed E-state index contributed by atoms with van der Waals surface area (Å²) in [4.78, 5) is 49.9. The van der Waals surface area contributed by atoms with Gasteiger partial charge < -0.3 is 39.0 Å². The zero-order valence-electron chi connectivity index (χ0n) is 36.6. The third-order valence-electron chi connectivity index (χ3n) is 12.6. The molecule has 17 heteroatoms. The second kappa shape index (κ2) is 19.0. The Morgan fingerprint density at radius 3 is 2.42 bits per heavy atom. The molecule has 0 aromatic carbocycles. The number of ketones is 1. The molecule has 2 aromatic heterocycles. The van der Waals surface area contributed by atoms with Gasteiger partial charge in [-0.2, -0.15) is 0 Å². The number of ether oxygens (including phenoxy) is 5. The largest absolute Gasteiger partial charge is 0.455 e. The number of esters is 1. The minimum absolute atomic E-state index is 0.112. The Morgan fingerprint density at radius 1 is 1.07 bits per heavy atom. The van der Waals surface area contributed by atoms with Crippen molar-refractivity contribution in [3.05, 3.63) is 30.6 Å². The predicted molar refractivity (Wildman–Crippen MR) is 216 cm³/mol. The van der Waals surface area contributed by atoms with E-state index in [2.05, 4.69) is 20.6 Å². The summed E-state index contributed by atoms with van der Waals surface area (Å²) in [6.07, 6.45) is 0.450. The number of pyridine rings is 1. The lowest BCUT2D eigenvalue weighted by molar-refractivity contribution is -0.295. The lowest BCUT2D eigenvalue weighted by Gasteiger charge is -2.47. The van der Waals surface area contributed by atoms with Crippen molar-refractivity contribution in [2.45, 2.75) is 160 Å². The highest BCUT2D eigenvalue weighted by Crippen LogP contribution is 2.41. The van der Waals surface area contributed by atoms with E-state index < -0.39 is 77.3 Å². The number of aromatic nitrogens is 4. The lowest BCUT2D eigenvalue weighted by atomic mass is 9.78. The number of nitrogens with zero attached hydrogens (tertiary/aromatic N) is 6. The van der Waals surface area contributed by atoms with Gasteiger partial charge >= 0.3 is 12.1 Å². The molecule has 16 nitrogen and oxygen atoms in total. The van der Waals surface area contributed by atoms with Crippen LogP contribution in [0.5, 0.6) is 0 Å². The standard InChI is InChI=1S/C42H66FN7O9/c1-12-32-42(8)34(50(39(54)59-42)20-16-15-19-49-24-30(46-47-49)29-17-13-14-18-44-29)28(5)45-23-25(2)22-40(6,55-11)36(27(4)35(52)41(7,43)38(53)57-32)58-37-33(51)31(48(9)10)21-26(3)56-37/h13-14,17-18,24-28,31-34,36-37,45,51H,12,15-16,19-23H2,1-11H3/t25-,26?,27-,28-,31?,32-,33?,34-,36-,37+,40-,41?,42-/m1/s1. The number of carbonyl (C=O) groups is 3. The Hall–Kier alpha value is -3.61. The van der Waals surface area contributed by atoms with Crippen LogP contribution in [0.1, 0.15) is 87.5 Å². The number of fused-ring (bicyclic) bond motifs is 1. The molecule has 0 radical (unpaired) electrons. The second-order valence-electron chi connectivity index (χ2n) is 17.6. The van der Waals surface area contributed by atoms with Crippen molar-refractivity contribution in [1.29, 1.82) is 0 Å². The maximum Gasteiger partial charge on any atom is 0.410 e. The highest BCUT2D eigenvalue weighted by Gasteiger charge is 2.60. The molecule has 4 unspecified atom stereocenters. The fourth-order valence-corrected chi connectivity index (χ4v) is 9.26. The SMILES string of the molecule is CC[C@H]1OC(=O)C(C)(F)C(=O)[C@@H](C)[C@@H](O[C@@H]2OC(C)CC(N(C)C)C2O)[C@](C)(OC)C[C@@H](C)CN[C@H](C)[C@H]2N(CCCCn3cc(-c4ccccn4)nn3)C(=O)O[C@]12C. The summed E-state index contributed by atoms with van der Waals surface area (Å²) >= 11 is 0. The summed E-state index contributed by atoms with van der Waals surface area (Å²) in [5, 5.41) is 23.5. The third-order valence-corrected chi connectivity index (χ3v) is 12.6. The van der Waals surface area contributed by atoms with Gasteiger partial charge in [0.15, 0.2) is 17.7 Å². The van der Waals surface area contributed by atoms with Crippen LogP contribution in [0.2, 0.25) is 0 Å². The fraction of sp³-hybridized carbons (Fsp3) is 0.762. The Labute approximate surface area is 347 Å². The smallest absolute Gasteiger partial charge is 0.410 e. The van der Waals surface area contributed by atoms with Crippen molar-refractivity contribution < 1.29 is 47.6 Å². The number of amides is 1. The van der Waals surface area contributed by atoms with E-state index in [-0.39, 0.29) is 24.5 Å². The van der Waals surface area contributed by atoms with Gasteiger partial charge in [-0.1, -0.05) is 32.1 Å². The van der Waals surface area contributed by atoms with E-state index in [0.717, 1.165) is 12.6 Å². The van der Waals surface area contributed by atoms with Gasteiger partial charge in [-0.05, 0) is 105 Å². The molecule has 5 heterocycles. The first-order valence-electron chi connectivity index (χ1n) is 21.0. The number of aliphatic hydroxyl groups excluding tert-OH is 1. The number of nitrogens with one attached hydrogen (secondary N) is 1. The van der Waals surface area contributed by atoms with Gasteiger partial charge in [-0.25, -0.2) is 14.0 Å². The topological polar surface area (TPSA) is 180 Å². The average molecular weight is 832 g/mol. The quantitative estimate of drug-likeness (QED) is 0.187. The molecule has 2 aromatic rings. The molecular weight excluding hydrogens is 765 g/mol. The molecule has 5 rings (SSSR count). The molecule has 3 saturated heterocycles. The van der Waals surface area contributed by atoms with Crippen LogP contribution >= 0.6 is 0 Å². The molecule has 1 amide bonds. The fourth-order valence-electron chi connectivity index (χ4n) is 9.26. The van der Waals surface area contributed by atoms with Gasteiger partial charge in [-0.15, -0.1) is 5.10 Å². The maximum absolute atomic E-state index is 16.9. The average Bonchev–Trinajstić information content (AvgIpc) is 3.78. The Morgan fingerprint density at radius 2 is 1.78 bits per heavy atom. The van der Waals surface area contributed by atoms with Crippen molar-refractivity contribution in [1.82, 2.24) is 35.1 Å². The number of cyclic esters (lactones) is 1. The number of aliphatic hydroxyl groups is 1. The van der Waals surface area contributed by atoms with Crippen molar-refractivity contribution in [3.8, 4) is 11.4 Å². The molecule has 59 heavy (non-hydrogen) atoms. The molecule has 3 fully saturated rings. The lowest BCUT2D eigenvalue weighted by Crippen LogP contribution is -2.61. The number of alkyl halides is 1. The number of aryl methyl sites for hydroxylation is 1. The summed E-state index contributed by atoms with van der Waals surface area (Å²) in [5.41, 5.74) is -4.38. The van der Waals surface area contributed by atoms with Gasteiger partial charge in [0.1, 0.15) is 17.9 Å². The van der Waals surface area contributed by atoms with Crippen LogP contribution in [0, 0.1) is 11.8 Å². The number of hydrogen-bond acceptors (Lipinski definition) is 14. The highest BCUT2D eigenvalue weighted by molar-refractivity contribution is 6.07. The monoisotopic (exact) mass is 831 g/mol. The van der Waals surface area contributed by atoms with Crippen molar-refractivity contribution in [2.75, 3.05) is 34.3 Å². The van der Waals surface area contributed by atoms with Crippen LogP contribution in [0.3, 0.4) is 0 Å². The molecule has 2 N–H and O–H groups in total. The summed E-state index contributed by atoms with van der Waals surface area (Å²) in [6, 6.07) is 4.24. The summed E-state index contributed by atoms with van der Waals surface area (Å²) < 4.78 is 49.5. The van der Waals surface area contributed by atoms with Crippen LogP contribution < -0.4 is 5.32 Å². The first kappa shape index (κ1) is 46.5. The van der Waals surface area contributed by atoms with Crippen LogP contribution in [0.25, 0.3) is 11.4 Å². The number of unbranched alkanes of at least 4 members (excludes halogenated alkanes) is 1. The number of halogens is 1. The summed E-state index contributed by atoms with van der Waals surface area (Å²) in [7, 11) is 5.20. The second-order valence-corrected chi connectivity index (χ2v) is 17.6. The Balaban J connectivity index is 1.41. The van der Waals surface area contributed by atoms with E-state index in [4.69, 9.17) is 23.7 Å². The highest BCUT2D eigenvalue weighted by atomic mass is 19.1. The first-order valence-corrected chi connectivity index (χ1v) is 21.0. The van der Waals surface area contributed by atoms with Gasteiger partial charge in [0.2, 0.25) is 0 Å². The molecule has 0 aliphatic carbocycles. The van der Waals surface area contributed by atoms with Gasteiger partial charge in [0.05, 0.1) is 35.7 Å². The summed E-state index contributed by atoms with van der Waals surface area (Å²) in [6.45, 7) is 14.8. The van der Waals surface area contributed by atoms with Crippen molar-refractivity contribution in [2.24, 2.45) is 11.8 Å². The minimum Gasteiger partial charge on any atom is -0.455 e. The summed E-state index contributed by atoms with van der Waals surface area (Å²) in [5.74, 6) is -3.85. The molecule has 13 atom stereocenters. The van der Waals surface area contributed by atoms with Crippen LogP contribution in [0.4, 0.5) is 9.18 Å². The number of likely N-dealkylation sites (N-methyl/N-ethyl adjacent to an activating group) is 1. The van der Waals surface area contributed by atoms with Crippen LogP contribution in [-0.2, 0) is 39.8 Å². The number of carbonyl (C=O) groups excluding carboxylic acids is 3. The maximum atomic E-state index is 16.9. The van der Waals surface area contributed by atoms with Crippen molar-refractivity contribution >= 4 is 17.8 Å². The van der Waals surface area contributed by atoms with E-state index in [1.54, 1.807) is 36.5 Å². The zero-order valence-corrected chi connectivity index (χ0v) is 36.6. The van der Waals surface area contributed by atoms with Crippen molar-refractivity contribution in [3.63, 3.8) is 0 Å². The number of methoxy groups -OCH3 is 1. The van der Waals surface area contributed by atoms with E-state index in [9.17, 15) is 19.5 Å². The Kier molecular flexibility index (Phi) is 14.9. The molecule has 3 aliphatic heterocycles. The van der Waals surface area contributed by atoms with E-state index >= 15 is 4.39 Å². The van der Waals surface area contributed by atoms with E-state index in [1.807, 2.05) is 64.2 Å². The van der Waals surface area contributed by atoms with Gasteiger partial charge in [0.25, 0.3) is 5.67 Å². The van der Waals surface area contributed by atoms with Gasteiger partial charge in [0, 0.05) is 44.4 Å². The molecular formula is C42H66FN7O9. The Bertz CT molecular complexity index is 1730. The zero-order chi connectivity index (χ0) is 43.4. The van der Waals surface area contributed by atoms with E-state index in [0.29, 0.717) is 51.0 Å². The molecule has 0 bridgehead atoms. The number of hydrogen-bond donors (Lipinski definition) is 2. The minimum atomic E-state index is -3.13. The number of rotatable bonds is 11.